The maximum atomic E-state index is 4.35. The fraction of sp³-hybridized carbons (Fsp3) is 0.222. The van der Waals surface area contributed by atoms with E-state index in [4.69, 9.17) is 0 Å². The van der Waals surface area contributed by atoms with Crippen molar-refractivity contribution in [3.8, 4) is 0 Å². The predicted molar refractivity (Wildman–Crippen MR) is 51.1 cm³/mol. The van der Waals surface area contributed by atoms with Gasteiger partial charge >= 0.3 is 0 Å². The van der Waals surface area contributed by atoms with E-state index >= 15 is 0 Å². The average molecular weight is 163 g/mol. The van der Waals surface area contributed by atoms with E-state index in [1.165, 1.54) is 0 Å². The molecule has 2 rings (SSSR count). The molecule has 1 aliphatic heterocycles. The van der Waals surface area contributed by atoms with Crippen LogP contribution in [0.15, 0.2) is 40.3 Å². The molecule has 2 atom stereocenters. The fourth-order valence-electron chi connectivity index (χ4n) is 1.35. The molecule has 1 unspecified atom stereocenters. The summed E-state index contributed by atoms with van der Waals surface area (Å²) in [5.74, 6) is 0.428. The van der Waals surface area contributed by atoms with Gasteiger partial charge in [-0.05, 0) is 6.08 Å². The number of aliphatic imine (C=N–C) groups is 1. The number of hydrogen-bond donors (Lipinski definition) is 1. The maximum Gasteiger partial charge on any atom is 0.0901 e. The Labute approximate surface area is 71.6 Å². The van der Waals surface area contributed by atoms with Gasteiger partial charge in [0.05, 0.1) is 6.04 Å². The molecule has 0 N–H and O–H groups in total. The average Bonchev–Trinajstić information content (AvgIpc) is 2.06. The minimum absolute atomic E-state index is 0.244. The van der Waals surface area contributed by atoms with Crippen LogP contribution in [0.25, 0.3) is 0 Å². The Kier molecular flexibility index (Phi) is 1.70. The van der Waals surface area contributed by atoms with E-state index in [2.05, 4.69) is 29.8 Å². The molecule has 0 fully saturated rings. The lowest BCUT2D eigenvalue weighted by atomic mass is 9.93. The molecule has 0 saturated carbocycles. The van der Waals surface area contributed by atoms with Crippen LogP contribution < -0.4 is 0 Å². The summed E-state index contributed by atoms with van der Waals surface area (Å²) in [5.41, 5.74) is 0. The highest BCUT2D eigenvalue weighted by molar-refractivity contribution is 7.84. The van der Waals surface area contributed by atoms with Gasteiger partial charge in [-0.2, -0.15) is 0 Å². The van der Waals surface area contributed by atoms with Crippen LogP contribution in [0.4, 0.5) is 0 Å². The van der Waals surface area contributed by atoms with Crippen molar-refractivity contribution in [2.24, 2.45) is 10.9 Å². The molecule has 0 amide bonds. The summed E-state index contributed by atoms with van der Waals surface area (Å²) < 4.78 is 0. The second-order valence-corrected chi connectivity index (χ2v) is 3.20. The third-order valence-corrected chi connectivity index (χ3v) is 2.35. The minimum Gasteiger partial charge on any atom is -0.284 e. The number of thiol groups is 1. The lowest BCUT2D eigenvalue weighted by molar-refractivity contribution is 0.675. The van der Waals surface area contributed by atoms with Crippen LogP contribution in [0, 0.1) is 5.92 Å². The molecular formula is C9H9NS. The highest BCUT2D eigenvalue weighted by Gasteiger charge is 2.21. The van der Waals surface area contributed by atoms with Gasteiger partial charge in [0, 0.05) is 17.0 Å². The summed E-state index contributed by atoms with van der Waals surface area (Å²) in [6.45, 7) is 0. The van der Waals surface area contributed by atoms with Crippen LogP contribution in [0.3, 0.4) is 0 Å². The molecular weight excluding hydrogens is 154 g/mol. The quantitative estimate of drug-likeness (QED) is 0.524. The SMILES string of the molecule is SC1=CC=CC2C=CC=N[C@@H]12. The van der Waals surface area contributed by atoms with E-state index in [1.54, 1.807) is 0 Å². The minimum atomic E-state index is 0.244. The molecule has 1 aliphatic carbocycles. The van der Waals surface area contributed by atoms with Gasteiger partial charge in [0.2, 0.25) is 0 Å². The predicted octanol–water partition coefficient (Wildman–Crippen LogP) is 2.00. The molecule has 1 heterocycles. The van der Waals surface area contributed by atoms with E-state index in [-0.39, 0.29) is 6.04 Å². The first kappa shape index (κ1) is 6.92. The van der Waals surface area contributed by atoms with Gasteiger partial charge in [0.25, 0.3) is 0 Å². The number of dihydropyridines is 1. The largest absolute Gasteiger partial charge is 0.284 e. The van der Waals surface area contributed by atoms with Crippen molar-refractivity contribution in [1.82, 2.24) is 0 Å². The van der Waals surface area contributed by atoms with Crippen LogP contribution in [0.2, 0.25) is 0 Å². The van der Waals surface area contributed by atoms with Crippen LogP contribution in [0.1, 0.15) is 0 Å². The molecule has 11 heavy (non-hydrogen) atoms. The van der Waals surface area contributed by atoms with Gasteiger partial charge in [-0.15, -0.1) is 12.6 Å². The van der Waals surface area contributed by atoms with Crippen molar-refractivity contribution in [3.05, 3.63) is 35.3 Å². The van der Waals surface area contributed by atoms with E-state index < -0.39 is 0 Å². The second kappa shape index (κ2) is 2.70. The van der Waals surface area contributed by atoms with Crippen molar-refractivity contribution in [3.63, 3.8) is 0 Å². The molecule has 0 aromatic heterocycles. The number of nitrogens with zero attached hydrogens (tertiary/aromatic N) is 1. The van der Waals surface area contributed by atoms with Crippen molar-refractivity contribution < 1.29 is 0 Å². The molecule has 0 spiro atoms. The van der Waals surface area contributed by atoms with Crippen molar-refractivity contribution >= 4 is 18.8 Å². The first-order valence-corrected chi connectivity index (χ1v) is 4.10. The van der Waals surface area contributed by atoms with Gasteiger partial charge in [-0.3, -0.25) is 4.99 Å². The molecule has 0 radical (unpaired) electrons. The van der Waals surface area contributed by atoms with Crippen LogP contribution >= 0.6 is 12.6 Å². The third kappa shape index (κ3) is 1.18. The van der Waals surface area contributed by atoms with Gasteiger partial charge in [0.15, 0.2) is 0 Å². The topological polar surface area (TPSA) is 12.4 Å². The molecule has 2 aliphatic rings. The van der Waals surface area contributed by atoms with Crippen molar-refractivity contribution in [2.75, 3.05) is 0 Å². The van der Waals surface area contributed by atoms with Crippen molar-refractivity contribution in [2.45, 2.75) is 6.04 Å². The Morgan fingerprint density at radius 1 is 1.27 bits per heavy atom. The second-order valence-electron chi connectivity index (χ2n) is 2.68. The molecule has 2 heteroatoms. The zero-order valence-corrected chi connectivity index (χ0v) is 6.91. The molecule has 0 aromatic carbocycles. The standard InChI is InChI=1S/C9H9NS/c11-8-5-1-3-7-4-2-6-10-9(7)8/h1-7,9,11H/t7?,9-/m1/s1. The normalized spacial score (nSPS) is 33.4. The summed E-state index contributed by atoms with van der Waals surface area (Å²) >= 11 is 4.35. The lowest BCUT2D eigenvalue weighted by Gasteiger charge is -2.22. The fourth-order valence-corrected chi connectivity index (χ4v) is 1.67. The molecule has 0 bridgehead atoms. The summed E-state index contributed by atoms with van der Waals surface area (Å²) in [6.07, 6.45) is 12.2. The first-order chi connectivity index (χ1) is 5.38. The van der Waals surface area contributed by atoms with E-state index in [1.807, 2.05) is 24.4 Å². The van der Waals surface area contributed by atoms with E-state index in [0.29, 0.717) is 5.92 Å². The molecule has 0 aromatic rings. The molecule has 0 saturated heterocycles. The van der Waals surface area contributed by atoms with Crippen LogP contribution in [-0.2, 0) is 0 Å². The third-order valence-electron chi connectivity index (χ3n) is 1.93. The highest BCUT2D eigenvalue weighted by atomic mass is 32.1. The van der Waals surface area contributed by atoms with Gasteiger partial charge in [0.1, 0.15) is 0 Å². The lowest BCUT2D eigenvalue weighted by Crippen LogP contribution is -2.19. The molecule has 1 nitrogen and oxygen atoms in total. The van der Waals surface area contributed by atoms with Crippen molar-refractivity contribution in [1.29, 1.82) is 0 Å². The number of fused-ring (bicyclic) bond motifs is 1. The Morgan fingerprint density at radius 3 is 2.91 bits per heavy atom. The summed E-state index contributed by atoms with van der Waals surface area (Å²) in [7, 11) is 0. The van der Waals surface area contributed by atoms with Crippen LogP contribution in [-0.4, -0.2) is 12.3 Å². The Balaban J connectivity index is 2.33. The first-order valence-electron chi connectivity index (χ1n) is 3.65. The Bertz CT molecular complexity index is 273. The monoisotopic (exact) mass is 163 g/mol. The van der Waals surface area contributed by atoms with E-state index in [0.717, 1.165) is 4.91 Å². The molecule has 56 valence electrons. The van der Waals surface area contributed by atoms with Gasteiger partial charge < -0.3 is 0 Å². The van der Waals surface area contributed by atoms with Gasteiger partial charge in [-0.1, -0.05) is 24.3 Å². The van der Waals surface area contributed by atoms with E-state index in [9.17, 15) is 0 Å². The smallest absolute Gasteiger partial charge is 0.0901 e. The summed E-state index contributed by atoms with van der Waals surface area (Å²) in [5, 5.41) is 0. The van der Waals surface area contributed by atoms with Crippen LogP contribution in [0.5, 0.6) is 0 Å². The number of hydrogen-bond acceptors (Lipinski definition) is 2. The maximum absolute atomic E-state index is 4.35. The summed E-state index contributed by atoms with van der Waals surface area (Å²) in [6, 6.07) is 0.244. The number of rotatable bonds is 0. The Morgan fingerprint density at radius 2 is 2.09 bits per heavy atom. The highest BCUT2D eigenvalue weighted by Crippen LogP contribution is 2.27. The zero-order chi connectivity index (χ0) is 7.68. The Hall–Kier alpha value is -0.760. The number of allylic oxidation sites excluding steroid dienone is 3. The summed E-state index contributed by atoms with van der Waals surface area (Å²) in [4.78, 5) is 5.38. The zero-order valence-electron chi connectivity index (χ0n) is 6.01. The van der Waals surface area contributed by atoms with Gasteiger partial charge in [-0.25, -0.2) is 0 Å².